The number of nitrogens with zero attached hydrogens (tertiary/aromatic N) is 3. The molecule has 11 heteroatoms. The van der Waals surface area contributed by atoms with Gasteiger partial charge < -0.3 is 5.32 Å². The number of halogens is 2. The van der Waals surface area contributed by atoms with Crippen molar-refractivity contribution in [2.24, 2.45) is 0 Å². The van der Waals surface area contributed by atoms with E-state index < -0.39 is 27.5 Å². The van der Waals surface area contributed by atoms with Gasteiger partial charge >= 0.3 is 0 Å². The molecule has 1 fully saturated rings. The van der Waals surface area contributed by atoms with Crippen molar-refractivity contribution in [1.82, 2.24) is 20.1 Å². The highest BCUT2D eigenvalue weighted by Gasteiger charge is 2.29. The fourth-order valence-corrected chi connectivity index (χ4v) is 5.76. The van der Waals surface area contributed by atoms with Gasteiger partial charge in [-0.05, 0) is 18.6 Å². The van der Waals surface area contributed by atoms with E-state index in [4.69, 9.17) is 0 Å². The second kappa shape index (κ2) is 8.75. The zero-order chi connectivity index (χ0) is 22.0. The van der Waals surface area contributed by atoms with Gasteiger partial charge in [-0.2, -0.15) is 0 Å². The zero-order valence-corrected chi connectivity index (χ0v) is 17.8. The third-order valence-corrected chi connectivity index (χ3v) is 7.44. The molecule has 1 atom stereocenters. The molecule has 1 aromatic heterocycles. The van der Waals surface area contributed by atoms with Crippen LogP contribution in [0.4, 0.5) is 8.78 Å². The lowest BCUT2D eigenvalue weighted by Crippen LogP contribution is -2.36. The monoisotopic (exact) mass is 464 g/mol. The summed E-state index contributed by atoms with van der Waals surface area (Å²) in [6.07, 6.45) is 0.383. The largest absolute Gasteiger partial charge is 0.352 e. The molecule has 1 saturated heterocycles. The molecule has 2 aromatic carbocycles. The molecule has 0 bridgehead atoms. The van der Waals surface area contributed by atoms with Gasteiger partial charge in [0.1, 0.15) is 11.6 Å². The topological polar surface area (TPSA) is 93.9 Å². The van der Waals surface area contributed by atoms with Gasteiger partial charge in [-0.25, -0.2) is 17.2 Å². The Bertz CT molecular complexity index is 1220. The van der Waals surface area contributed by atoms with E-state index in [1.165, 1.54) is 10.6 Å². The maximum atomic E-state index is 14.6. The van der Waals surface area contributed by atoms with Crippen LogP contribution < -0.4 is 5.32 Å². The van der Waals surface area contributed by atoms with Crippen molar-refractivity contribution in [3.63, 3.8) is 0 Å². The Morgan fingerprint density at radius 1 is 1.16 bits per heavy atom. The Labute approximate surface area is 181 Å². The lowest BCUT2D eigenvalue weighted by Gasteiger charge is -2.12. The van der Waals surface area contributed by atoms with Gasteiger partial charge in [0, 0.05) is 17.7 Å². The first-order chi connectivity index (χ1) is 14.8. The summed E-state index contributed by atoms with van der Waals surface area (Å²) in [6.45, 7) is 0. The van der Waals surface area contributed by atoms with Crippen molar-refractivity contribution in [3.8, 4) is 17.1 Å². The van der Waals surface area contributed by atoms with Crippen LogP contribution in [0.5, 0.6) is 0 Å². The molecule has 0 radical (unpaired) electrons. The lowest BCUT2D eigenvalue weighted by molar-refractivity contribution is -0.119. The number of carbonyl (C=O) groups is 1. The number of aromatic nitrogens is 3. The second-order valence-electron chi connectivity index (χ2n) is 7.06. The van der Waals surface area contributed by atoms with Crippen molar-refractivity contribution >= 4 is 27.5 Å². The maximum absolute atomic E-state index is 14.6. The number of benzene rings is 2. The van der Waals surface area contributed by atoms with Crippen molar-refractivity contribution in [1.29, 1.82) is 0 Å². The van der Waals surface area contributed by atoms with Crippen LogP contribution in [0.25, 0.3) is 17.1 Å². The van der Waals surface area contributed by atoms with Gasteiger partial charge in [-0.15, -0.1) is 10.2 Å². The summed E-state index contributed by atoms with van der Waals surface area (Å²) in [7, 11) is -3.11. The van der Waals surface area contributed by atoms with Crippen molar-refractivity contribution in [3.05, 3.63) is 60.2 Å². The standard InChI is InChI=1S/C20H18F2N4O3S2/c21-14-6-7-17(16(22)10-14)26-19(13-4-2-1-3-5-13)24-25-20(26)30-11-18(27)23-15-8-9-31(28,29)12-15/h1-7,10,15H,8-9,11-12H2,(H,23,27)/t15-/m0/s1. The SMILES string of the molecule is O=C(CSc1nnc(-c2ccccc2)n1-c1ccc(F)cc1F)N[C@H]1CCS(=O)(=O)C1. The number of carbonyl (C=O) groups excluding carboxylic acids is 1. The van der Waals surface area contributed by atoms with Crippen LogP contribution in [0, 0.1) is 11.6 Å². The van der Waals surface area contributed by atoms with Crippen LogP contribution in [0.2, 0.25) is 0 Å². The number of amides is 1. The van der Waals surface area contributed by atoms with Gasteiger partial charge in [-0.3, -0.25) is 9.36 Å². The Kier molecular flexibility index (Phi) is 6.05. The molecule has 0 aliphatic carbocycles. The molecule has 3 aromatic rings. The molecule has 1 amide bonds. The first kappa shape index (κ1) is 21.4. The quantitative estimate of drug-likeness (QED) is 0.564. The lowest BCUT2D eigenvalue weighted by atomic mass is 10.2. The molecular weight excluding hydrogens is 446 g/mol. The Hall–Kier alpha value is -2.79. The van der Waals surface area contributed by atoms with Crippen molar-refractivity contribution < 1.29 is 22.0 Å². The van der Waals surface area contributed by atoms with E-state index in [1.54, 1.807) is 24.3 Å². The van der Waals surface area contributed by atoms with E-state index >= 15 is 0 Å². The van der Waals surface area contributed by atoms with Crippen molar-refractivity contribution in [2.45, 2.75) is 17.6 Å². The smallest absolute Gasteiger partial charge is 0.230 e. The number of thioether (sulfide) groups is 1. The molecule has 0 saturated carbocycles. The van der Waals surface area contributed by atoms with Crippen LogP contribution in [-0.4, -0.2) is 52.4 Å². The highest BCUT2D eigenvalue weighted by atomic mass is 32.2. The zero-order valence-electron chi connectivity index (χ0n) is 16.2. The summed E-state index contributed by atoms with van der Waals surface area (Å²) in [5, 5.41) is 11.2. The fourth-order valence-electron chi connectivity index (χ4n) is 3.33. The number of hydrogen-bond acceptors (Lipinski definition) is 6. The molecule has 4 rings (SSSR count). The van der Waals surface area contributed by atoms with Gasteiger partial charge in [0.25, 0.3) is 0 Å². The highest BCUT2D eigenvalue weighted by Crippen LogP contribution is 2.29. The number of hydrogen-bond donors (Lipinski definition) is 1. The van der Waals surface area contributed by atoms with Crippen LogP contribution >= 0.6 is 11.8 Å². The maximum Gasteiger partial charge on any atom is 0.230 e. The minimum atomic E-state index is -3.11. The minimum absolute atomic E-state index is 0.0510. The summed E-state index contributed by atoms with van der Waals surface area (Å²) in [5.41, 5.74) is 0.723. The summed E-state index contributed by atoms with van der Waals surface area (Å²) in [4.78, 5) is 12.3. The van der Waals surface area contributed by atoms with E-state index in [1.807, 2.05) is 6.07 Å². The van der Waals surface area contributed by atoms with E-state index in [0.717, 1.165) is 23.9 Å². The van der Waals surface area contributed by atoms with Crippen LogP contribution in [0.15, 0.2) is 53.7 Å². The predicted octanol–water partition coefficient (Wildman–Crippen LogP) is 2.61. The number of nitrogens with one attached hydrogen (secondary N) is 1. The summed E-state index contributed by atoms with van der Waals surface area (Å²) in [5.74, 6) is -1.59. The van der Waals surface area contributed by atoms with E-state index in [2.05, 4.69) is 15.5 Å². The Morgan fingerprint density at radius 2 is 1.94 bits per heavy atom. The number of rotatable bonds is 6. The Balaban J connectivity index is 1.59. The normalized spacial score (nSPS) is 17.5. The molecule has 7 nitrogen and oxygen atoms in total. The van der Waals surface area contributed by atoms with E-state index in [0.29, 0.717) is 17.8 Å². The van der Waals surface area contributed by atoms with Crippen LogP contribution in [0.1, 0.15) is 6.42 Å². The predicted molar refractivity (Wildman–Crippen MR) is 113 cm³/mol. The van der Waals surface area contributed by atoms with Gasteiger partial charge in [0.2, 0.25) is 5.91 Å². The van der Waals surface area contributed by atoms with Gasteiger partial charge in [0.05, 0.1) is 22.9 Å². The van der Waals surface area contributed by atoms with Crippen LogP contribution in [0.3, 0.4) is 0 Å². The molecule has 31 heavy (non-hydrogen) atoms. The third-order valence-electron chi connectivity index (χ3n) is 4.75. The molecule has 0 unspecified atom stereocenters. The fraction of sp³-hybridized carbons (Fsp3) is 0.250. The van der Waals surface area contributed by atoms with E-state index in [-0.39, 0.29) is 34.0 Å². The molecular formula is C20H18F2N4O3S2. The molecule has 162 valence electrons. The first-order valence-electron chi connectivity index (χ1n) is 9.41. The summed E-state index contributed by atoms with van der Waals surface area (Å²) < 4.78 is 52.5. The Morgan fingerprint density at radius 3 is 2.61 bits per heavy atom. The average molecular weight is 465 g/mol. The first-order valence-corrected chi connectivity index (χ1v) is 12.2. The second-order valence-corrected chi connectivity index (χ2v) is 10.2. The highest BCUT2D eigenvalue weighted by molar-refractivity contribution is 7.99. The molecule has 0 spiro atoms. The van der Waals surface area contributed by atoms with Gasteiger partial charge in [-0.1, -0.05) is 42.1 Å². The average Bonchev–Trinajstić information content (AvgIpc) is 3.30. The minimum Gasteiger partial charge on any atom is -0.352 e. The summed E-state index contributed by atoms with van der Waals surface area (Å²) >= 11 is 1.03. The molecule has 2 heterocycles. The number of sulfone groups is 1. The molecule has 1 aliphatic heterocycles. The third kappa shape index (κ3) is 4.93. The summed E-state index contributed by atoms with van der Waals surface area (Å²) in [6, 6.07) is 11.8. The van der Waals surface area contributed by atoms with Gasteiger partial charge in [0.15, 0.2) is 20.8 Å². The molecule has 1 aliphatic rings. The molecule has 1 N–H and O–H groups in total. The van der Waals surface area contributed by atoms with Crippen LogP contribution in [-0.2, 0) is 14.6 Å². The van der Waals surface area contributed by atoms with E-state index in [9.17, 15) is 22.0 Å². The van der Waals surface area contributed by atoms with Crippen molar-refractivity contribution in [2.75, 3.05) is 17.3 Å².